The fourth-order valence-electron chi connectivity index (χ4n) is 3.78. The Kier molecular flexibility index (Phi) is 5.52. The second-order valence-corrected chi connectivity index (χ2v) is 9.12. The molecule has 3 aromatic heterocycles. The van der Waals surface area contributed by atoms with Gasteiger partial charge in [0.25, 0.3) is 11.1 Å². The molecule has 6 nitrogen and oxygen atoms in total. The van der Waals surface area contributed by atoms with Gasteiger partial charge in [-0.05, 0) is 55.3 Å². The van der Waals surface area contributed by atoms with Crippen LogP contribution >= 0.6 is 23.4 Å². The summed E-state index contributed by atoms with van der Waals surface area (Å²) in [5.41, 5.74) is 4.08. The van der Waals surface area contributed by atoms with Crippen LogP contribution in [0.3, 0.4) is 0 Å². The van der Waals surface area contributed by atoms with E-state index in [9.17, 15) is 9.59 Å². The average Bonchev–Trinajstić information content (AvgIpc) is 2.79. The zero-order valence-electron chi connectivity index (χ0n) is 17.9. The number of rotatable bonds is 4. The second kappa shape index (κ2) is 8.50. The molecule has 33 heavy (non-hydrogen) atoms. The first kappa shape index (κ1) is 21.4. The molecule has 0 fully saturated rings. The molecule has 0 aliphatic rings. The van der Waals surface area contributed by atoms with Gasteiger partial charge in [-0.25, -0.2) is 9.97 Å². The minimum atomic E-state index is -0.171. The molecule has 0 spiro atoms. The van der Waals surface area contributed by atoms with Crippen molar-refractivity contribution in [3.05, 3.63) is 109 Å². The highest BCUT2D eigenvalue weighted by Crippen LogP contribution is 2.26. The number of halogens is 1. The van der Waals surface area contributed by atoms with E-state index in [0.717, 1.165) is 16.8 Å². The molecule has 8 heteroatoms. The standard InChI is InChI=1S/C25H19ClN4O2S/c1-15-6-3-4-8-21(15)30-24(32)19-10-9-17(26)12-20(19)28-25(30)33-14-18-13-22(31)29-11-5-7-16(2)23(29)27-18/h3-13H,14H2,1-2H3. The van der Waals surface area contributed by atoms with Crippen molar-refractivity contribution in [1.82, 2.24) is 18.9 Å². The summed E-state index contributed by atoms with van der Waals surface area (Å²) in [6, 6.07) is 18.0. The fourth-order valence-corrected chi connectivity index (χ4v) is 4.85. The Morgan fingerprint density at radius 1 is 0.939 bits per heavy atom. The zero-order chi connectivity index (χ0) is 23.1. The first-order valence-electron chi connectivity index (χ1n) is 10.3. The molecule has 0 saturated heterocycles. The summed E-state index contributed by atoms with van der Waals surface area (Å²) in [4.78, 5) is 35.5. The molecule has 0 aliphatic heterocycles. The van der Waals surface area contributed by atoms with Crippen LogP contribution in [0.15, 0.2) is 81.6 Å². The molecular weight excluding hydrogens is 456 g/mol. The Bertz CT molecular complexity index is 1660. The third-order valence-corrected chi connectivity index (χ3v) is 6.65. The highest BCUT2D eigenvalue weighted by Gasteiger charge is 2.16. The summed E-state index contributed by atoms with van der Waals surface area (Å²) in [5.74, 6) is 0.379. The first-order valence-corrected chi connectivity index (χ1v) is 11.7. The van der Waals surface area contributed by atoms with Crippen LogP contribution in [-0.4, -0.2) is 18.9 Å². The number of nitrogens with zero attached hydrogens (tertiary/aromatic N) is 4. The number of benzene rings is 2. The molecule has 0 atom stereocenters. The van der Waals surface area contributed by atoms with Crippen LogP contribution in [0.5, 0.6) is 0 Å². The monoisotopic (exact) mass is 474 g/mol. The molecule has 2 aromatic carbocycles. The van der Waals surface area contributed by atoms with Gasteiger partial charge >= 0.3 is 0 Å². The minimum Gasteiger partial charge on any atom is -0.269 e. The van der Waals surface area contributed by atoms with Crippen LogP contribution in [-0.2, 0) is 5.75 Å². The molecule has 0 aliphatic carbocycles. The first-order chi connectivity index (χ1) is 15.9. The number of hydrogen-bond donors (Lipinski definition) is 0. The van der Waals surface area contributed by atoms with Crippen molar-refractivity contribution in [3.63, 3.8) is 0 Å². The SMILES string of the molecule is Cc1ccccc1-n1c(SCc2cc(=O)n3cccc(C)c3n2)nc2cc(Cl)ccc2c1=O. The van der Waals surface area contributed by atoms with Gasteiger partial charge in [0, 0.05) is 23.0 Å². The summed E-state index contributed by atoms with van der Waals surface area (Å²) < 4.78 is 3.15. The summed E-state index contributed by atoms with van der Waals surface area (Å²) in [5, 5.41) is 1.51. The second-order valence-electron chi connectivity index (χ2n) is 7.74. The number of pyridine rings is 1. The van der Waals surface area contributed by atoms with Crippen molar-refractivity contribution in [2.75, 3.05) is 0 Å². The molecule has 5 aromatic rings. The van der Waals surface area contributed by atoms with E-state index in [1.807, 2.05) is 50.2 Å². The van der Waals surface area contributed by atoms with E-state index < -0.39 is 0 Å². The average molecular weight is 475 g/mol. The maximum absolute atomic E-state index is 13.5. The molecule has 0 saturated carbocycles. The Labute approximate surface area is 198 Å². The zero-order valence-corrected chi connectivity index (χ0v) is 19.5. The topological polar surface area (TPSA) is 69.3 Å². The van der Waals surface area contributed by atoms with Crippen LogP contribution in [0.2, 0.25) is 5.02 Å². The third kappa shape index (κ3) is 3.94. The molecule has 3 heterocycles. The quantitative estimate of drug-likeness (QED) is 0.272. The van der Waals surface area contributed by atoms with E-state index in [2.05, 4.69) is 4.98 Å². The molecule has 0 N–H and O–H groups in total. The van der Waals surface area contributed by atoms with E-state index in [0.29, 0.717) is 38.2 Å². The molecule has 0 radical (unpaired) electrons. The van der Waals surface area contributed by atoms with Crippen LogP contribution in [0.1, 0.15) is 16.8 Å². The Balaban J connectivity index is 1.65. The molecule has 0 amide bonds. The van der Waals surface area contributed by atoms with Crippen molar-refractivity contribution in [1.29, 1.82) is 0 Å². The van der Waals surface area contributed by atoms with Gasteiger partial charge in [-0.15, -0.1) is 0 Å². The highest BCUT2D eigenvalue weighted by molar-refractivity contribution is 7.98. The molecule has 0 unspecified atom stereocenters. The van der Waals surface area contributed by atoms with E-state index in [-0.39, 0.29) is 11.1 Å². The molecule has 5 rings (SSSR count). The number of hydrogen-bond acceptors (Lipinski definition) is 5. The van der Waals surface area contributed by atoms with Crippen molar-refractivity contribution >= 4 is 39.9 Å². The lowest BCUT2D eigenvalue weighted by Crippen LogP contribution is -2.22. The molecular formula is C25H19ClN4O2S. The van der Waals surface area contributed by atoms with Gasteiger partial charge in [0.2, 0.25) is 0 Å². The van der Waals surface area contributed by atoms with Gasteiger partial charge in [0.15, 0.2) is 5.16 Å². The van der Waals surface area contributed by atoms with Crippen LogP contribution in [0, 0.1) is 13.8 Å². The lowest BCUT2D eigenvalue weighted by Gasteiger charge is -2.15. The van der Waals surface area contributed by atoms with E-state index in [1.165, 1.54) is 22.2 Å². The van der Waals surface area contributed by atoms with Crippen molar-refractivity contribution < 1.29 is 0 Å². The highest BCUT2D eigenvalue weighted by atomic mass is 35.5. The third-order valence-electron chi connectivity index (χ3n) is 5.45. The minimum absolute atomic E-state index is 0.145. The maximum atomic E-state index is 13.5. The number of thioether (sulfide) groups is 1. The van der Waals surface area contributed by atoms with E-state index in [4.69, 9.17) is 16.6 Å². The lowest BCUT2D eigenvalue weighted by atomic mass is 10.2. The van der Waals surface area contributed by atoms with Crippen molar-refractivity contribution in [2.24, 2.45) is 0 Å². The van der Waals surface area contributed by atoms with E-state index in [1.54, 1.807) is 29.0 Å². The number of aryl methyl sites for hydroxylation is 2. The smallest absolute Gasteiger partial charge is 0.266 e. The normalized spacial score (nSPS) is 11.4. The maximum Gasteiger partial charge on any atom is 0.266 e. The summed E-state index contributed by atoms with van der Waals surface area (Å²) in [7, 11) is 0. The summed E-state index contributed by atoms with van der Waals surface area (Å²) in [6.07, 6.45) is 1.71. The Morgan fingerprint density at radius 2 is 1.73 bits per heavy atom. The van der Waals surface area contributed by atoms with Gasteiger partial charge in [0.1, 0.15) is 5.65 Å². The van der Waals surface area contributed by atoms with Gasteiger partial charge in [-0.2, -0.15) is 0 Å². The Hall–Kier alpha value is -3.42. The number of aromatic nitrogens is 4. The van der Waals surface area contributed by atoms with Crippen LogP contribution in [0.4, 0.5) is 0 Å². The van der Waals surface area contributed by atoms with Gasteiger partial charge in [0.05, 0.1) is 22.3 Å². The van der Waals surface area contributed by atoms with Gasteiger partial charge < -0.3 is 0 Å². The van der Waals surface area contributed by atoms with Crippen molar-refractivity contribution in [2.45, 2.75) is 24.8 Å². The van der Waals surface area contributed by atoms with Crippen LogP contribution < -0.4 is 11.1 Å². The van der Waals surface area contributed by atoms with E-state index >= 15 is 0 Å². The molecule has 0 bridgehead atoms. The lowest BCUT2D eigenvalue weighted by molar-refractivity contribution is 0.814. The summed E-state index contributed by atoms with van der Waals surface area (Å²) in [6.45, 7) is 3.88. The van der Waals surface area contributed by atoms with Gasteiger partial charge in [-0.3, -0.25) is 18.6 Å². The van der Waals surface area contributed by atoms with Gasteiger partial charge in [-0.1, -0.05) is 47.6 Å². The molecule has 164 valence electrons. The van der Waals surface area contributed by atoms with Crippen LogP contribution in [0.25, 0.3) is 22.2 Å². The van der Waals surface area contributed by atoms with Crippen molar-refractivity contribution in [3.8, 4) is 5.69 Å². The largest absolute Gasteiger partial charge is 0.269 e. The number of fused-ring (bicyclic) bond motifs is 2. The number of para-hydroxylation sites is 1. The predicted octanol–water partition coefficient (Wildman–Crippen LogP) is 4.96. The summed E-state index contributed by atoms with van der Waals surface area (Å²) >= 11 is 7.52. The Morgan fingerprint density at radius 3 is 2.55 bits per heavy atom. The predicted molar refractivity (Wildman–Crippen MR) is 133 cm³/mol. The fraction of sp³-hybridized carbons (Fsp3) is 0.120.